The molecule has 1 atom stereocenters. The van der Waals surface area contributed by atoms with Crippen LogP contribution < -0.4 is 5.73 Å². The van der Waals surface area contributed by atoms with Crippen molar-refractivity contribution in [3.05, 3.63) is 23.7 Å². The van der Waals surface area contributed by atoms with Gasteiger partial charge in [-0.05, 0) is 20.0 Å². The van der Waals surface area contributed by atoms with E-state index in [0.717, 1.165) is 18.8 Å². The number of aryl methyl sites for hydroxylation is 1. The monoisotopic (exact) mass is 212 g/mol. The number of nitrogens with zero attached hydrogens (tertiary/aromatic N) is 1. The van der Waals surface area contributed by atoms with E-state index < -0.39 is 0 Å². The normalized spacial score (nSPS) is 13.4. The third-order valence-electron chi connectivity index (χ3n) is 2.52. The van der Waals surface area contributed by atoms with Crippen molar-refractivity contribution in [3.63, 3.8) is 0 Å². The quantitative estimate of drug-likeness (QED) is 0.764. The van der Waals surface area contributed by atoms with E-state index >= 15 is 0 Å². The molecule has 0 aliphatic rings. The first-order valence-corrected chi connectivity index (χ1v) is 5.11. The Balaban J connectivity index is 2.42. The zero-order valence-corrected chi connectivity index (χ0v) is 9.69. The summed E-state index contributed by atoms with van der Waals surface area (Å²) in [4.78, 5) is 2.18. The van der Waals surface area contributed by atoms with Gasteiger partial charge in [-0.1, -0.05) is 0 Å². The largest absolute Gasteiger partial charge is 0.469 e. The second kappa shape index (κ2) is 5.90. The molecule has 0 amide bonds. The standard InChI is InChI=1S/C11H20N2O2/c1-9-10(4-5-15-9)7-13(2)8-11(6-12)14-3/h4-5,11H,6-8,12H2,1-3H3. The third-order valence-corrected chi connectivity index (χ3v) is 2.52. The van der Waals surface area contributed by atoms with Gasteiger partial charge in [0, 0.05) is 32.3 Å². The molecule has 0 spiro atoms. The first-order chi connectivity index (χ1) is 7.17. The van der Waals surface area contributed by atoms with Crippen LogP contribution in [0.15, 0.2) is 16.7 Å². The molecule has 0 aromatic carbocycles. The van der Waals surface area contributed by atoms with Crippen LogP contribution in [0, 0.1) is 6.92 Å². The van der Waals surface area contributed by atoms with E-state index in [9.17, 15) is 0 Å². The maximum absolute atomic E-state index is 5.56. The Morgan fingerprint density at radius 3 is 2.80 bits per heavy atom. The first kappa shape index (κ1) is 12.2. The van der Waals surface area contributed by atoms with Gasteiger partial charge in [0.25, 0.3) is 0 Å². The molecule has 4 nitrogen and oxygen atoms in total. The minimum absolute atomic E-state index is 0.0993. The van der Waals surface area contributed by atoms with Gasteiger partial charge in [0.15, 0.2) is 0 Å². The van der Waals surface area contributed by atoms with Crippen molar-refractivity contribution in [2.24, 2.45) is 5.73 Å². The van der Waals surface area contributed by atoms with Gasteiger partial charge in [-0.15, -0.1) is 0 Å². The molecule has 0 fully saturated rings. The van der Waals surface area contributed by atoms with Gasteiger partial charge in [-0.25, -0.2) is 0 Å². The van der Waals surface area contributed by atoms with E-state index in [0.29, 0.717) is 6.54 Å². The van der Waals surface area contributed by atoms with Gasteiger partial charge < -0.3 is 14.9 Å². The fraction of sp³-hybridized carbons (Fsp3) is 0.636. The van der Waals surface area contributed by atoms with Crippen LogP contribution in [0.4, 0.5) is 0 Å². The summed E-state index contributed by atoms with van der Waals surface area (Å²) < 4.78 is 10.5. The number of methoxy groups -OCH3 is 1. The first-order valence-electron chi connectivity index (χ1n) is 5.11. The van der Waals surface area contributed by atoms with E-state index in [1.807, 2.05) is 20.0 Å². The highest BCUT2D eigenvalue weighted by Crippen LogP contribution is 2.11. The highest BCUT2D eigenvalue weighted by molar-refractivity contribution is 5.14. The van der Waals surface area contributed by atoms with Crippen LogP contribution in [-0.4, -0.2) is 38.3 Å². The summed E-state index contributed by atoms with van der Waals surface area (Å²) in [5, 5.41) is 0. The Labute approximate surface area is 91.0 Å². The van der Waals surface area contributed by atoms with E-state index in [-0.39, 0.29) is 6.10 Å². The highest BCUT2D eigenvalue weighted by atomic mass is 16.5. The lowest BCUT2D eigenvalue weighted by Gasteiger charge is -2.21. The molecule has 86 valence electrons. The van der Waals surface area contributed by atoms with Gasteiger partial charge in [-0.3, -0.25) is 4.90 Å². The molecule has 4 heteroatoms. The molecular formula is C11H20N2O2. The predicted octanol–water partition coefficient (Wildman–Crippen LogP) is 0.994. The maximum Gasteiger partial charge on any atom is 0.105 e. The second-order valence-electron chi connectivity index (χ2n) is 3.79. The minimum atomic E-state index is 0.0993. The lowest BCUT2D eigenvalue weighted by Crippen LogP contribution is -2.35. The summed E-state index contributed by atoms with van der Waals surface area (Å²) in [6, 6.07) is 2.00. The number of ether oxygens (including phenoxy) is 1. The summed E-state index contributed by atoms with van der Waals surface area (Å²) in [5.41, 5.74) is 6.78. The lowest BCUT2D eigenvalue weighted by atomic mass is 10.2. The van der Waals surface area contributed by atoms with Crippen LogP contribution in [0.3, 0.4) is 0 Å². The Morgan fingerprint density at radius 2 is 2.33 bits per heavy atom. The Kier molecular flexibility index (Phi) is 4.81. The number of hydrogen-bond acceptors (Lipinski definition) is 4. The van der Waals surface area contributed by atoms with Gasteiger partial charge in [0.1, 0.15) is 5.76 Å². The van der Waals surface area contributed by atoms with Crippen LogP contribution in [-0.2, 0) is 11.3 Å². The van der Waals surface area contributed by atoms with Crippen molar-refractivity contribution < 1.29 is 9.15 Å². The zero-order chi connectivity index (χ0) is 11.3. The molecule has 0 bridgehead atoms. The zero-order valence-electron chi connectivity index (χ0n) is 9.69. The SMILES string of the molecule is COC(CN)CN(C)Cc1ccoc1C. The predicted molar refractivity (Wildman–Crippen MR) is 59.6 cm³/mol. The summed E-state index contributed by atoms with van der Waals surface area (Å²) in [6.07, 6.45) is 1.82. The molecule has 0 saturated carbocycles. The summed E-state index contributed by atoms with van der Waals surface area (Å²) in [7, 11) is 3.74. The number of nitrogens with two attached hydrogens (primary N) is 1. The van der Waals surface area contributed by atoms with E-state index in [4.69, 9.17) is 14.9 Å². The van der Waals surface area contributed by atoms with Crippen molar-refractivity contribution in [2.75, 3.05) is 27.2 Å². The third kappa shape index (κ3) is 3.66. The van der Waals surface area contributed by atoms with Crippen molar-refractivity contribution in [1.82, 2.24) is 4.90 Å². The molecule has 0 aliphatic carbocycles. The summed E-state index contributed by atoms with van der Waals surface area (Å²) in [6.45, 7) is 4.21. The van der Waals surface area contributed by atoms with Gasteiger partial charge >= 0.3 is 0 Å². The molecule has 0 aliphatic heterocycles. The Morgan fingerprint density at radius 1 is 1.60 bits per heavy atom. The molecule has 2 N–H and O–H groups in total. The molecule has 1 aromatic rings. The number of likely N-dealkylation sites (N-methyl/N-ethyl adjacent to an activating group) is 1. The summed E-state index contributed by atoms with van der Waals surface area (Å²) >= 11 is 0. The van der Waals surface area contributed by atoms with Crippen LogP contribution in [0.25, 0.3) is 0 Å². The molecule has 0 radical (unpaired) electrons. The van der Waals surface area contributed by atoms with Gasteiger partial charge in [0.2, 0.25) is 0 Å². The maximum atomic E-state index is 5.56. The van der Waals surface area contributed by atoms with Crippen molar-refractivity contribution >= 4 is 0 Å². The average molecular weight is 212 g/mol. The summed E-state index contributed by atoms with van der Waals surface area (Å²) in [5.74, 6) is 0.976. The van der Waals surface area contributed by atoms with Crippen LogP contribution in [0.1, 0.15) is 11.3 Å². The van der Waals surface area contributed by atoms with Crippen LogP contribution >= 0.6 is 0 Å². The molecule has 1 unspecified atom stereocenters. The van der Waals surface area contributed by atoms with Crippen molar-refractivity contribution in [2.45, 2.75) is 19.6 Å². The fourth-order valence-corrected chi connectivity index (χ4v) is 1.52. The fourth-order valence-electron chi connectivity index (χ4n) is 1.52. The van der Waals surface area contributed by atoms with Crippen molar-refractivity contribution in [1.29, 1.82) is 0 Å². The van der Waals surface area contributed by atoms with Crippen LogP contribution in [0.2, 0.25) is 0 Å². The van der Waals surface area contributed by atoms with E-state index in [2.05, 4.69) is 4.90 Å². The van der Waals surface area contributed by atoms with Gasteiger partial charge in [0.05, 0.1) is 12.4 Å². The topological polar surface area (TPSA) is 51.6 Å². The molecule has 1 heterocycles. The number of hydrogen-bond donors (Lipinski definition) is 1. The Hall–Kier alpha value is -0.840. The Bertz CT molecular complexity index is 282. The smallest absolute Gasteiger partial charge is 0.105 e. The number of furan rings is 1. The van der Waals surface area contributed by atoms with Crippen molar-refractivity contribution in [3.8, 4) is 0 Å². The van der Waals surface area contributed by atoms with E-state index in [1.165, 1.54) is 5.56 Å². The highest BCUT2D eigenvalue weighted by Gasteiger charge is 2.10. The van der Waals surface area contributed by atoms with E-state index in [1.54, 1.807) is 13.4 Å². The second-order valence-corrected chi connectivity index (χ2v) is 3.79. The van der Waals surface area contributed by atoms with Gasteiger partial charge in [-0.2, -0.15) is 0 Å². The molecule has 15 heavy (non-hydrogen) atoms. The minimum Gasteiger partial charge on any atom is -0.469 e. The molecular weight excluding hydrogens is 192 g/mol. The lowest BCUT2D eigenvalue weighted by molar-refractivity contribution is 0.0760. The average Bonchev–Trinajstić information content (AvgIpc) is 2.61. The molecule has 1 aromatic heterocycles. The number of rotatable bonds is 6. The molecule has 0 saturated heterocycles. The van der Waals surface area contributed by atoms with Crippen LogP contribution in [0.5, 0.6) is 0 Å². The molecule has 1 rings (SSSR count).